The number of aryl methyl sites for hydroxylation is 2. The van der Waals surface area contributed by atoms with Gasteiger partial charge >= 0.3 is 5.97 Å². The van der Waals surface area contributed by atoms with E-state index in [0.29, 0.717) is 16.9 Å². The second-order valence-electron chi connectivity index (χ2n) is 4.59. The largest absolute Gasteiger partial charge is 0.478 e. The topological polar surface area (TPSA) is 92.4 Å². The molecular formula is C15H14N2O4. The number of rotatable bonds is 4. The highest BCUT2D eigenvalue weighted by molar-refractivity contribution is 6.02. The first-order valence-corrected chi connectivity index (χ1v) is 6.21. The van der Waals surface area contributed by atoms with Gasteiger partial charge in [-0.2, -0.15) is 0 Å². The molecule has 0 saturated heterocycles. The van der Waals surface area contributed by atoms with E-state index in [-0.39, 0.29) is 5.76 Å². The van der Waals surface area contributed by atoms with E-state index in [1.165, 1.54) is 12.1 Å². The van der Waals surface area contributed by atoms with Crippen LogP contribution in [-0.4, -0.2) is 22.1 Å². The second-order valence-corrected chi connectivity index (χ2v) is 4.59. The van der Waals surface area contributed by atoms with Crippen molar-refractivity contribution in [2.45, 2.75) is 13.8 Å². The van der Waals surface area contributed by atoms with Crippen LogP contribution >= 0.6 is 0 Å². The third-order valence-corrected chi connectivity index (χ3v) is 2.63. The Morgan fingerprint density at radius 1 is 1.24 bits per heavy atom. The number of anilines is 1. The molecule has 0 aliphatic rings. The number of amides is 1. The molecule has 0 aliphatic carbocycles. The molecule has 0 aliphatic heterocycles. The molecule has 2 N–H and O–H groups in total. The Labute approximate surface area is 121 Å². The molecule has 0 unspecified atom stereocenters. The summed E-state index contributed by atoms with van der Waals surface area (Å²) in [6.07, 6.45) is 2.50. The van der Waals surface area contributed by atoms with Crippen LogP contribution in [0.25, 0.3) is 6.08 Å². The minimum Gasteiger partial charge on any atom is -0.478 e. The molecule has 0 radical (unpaired) electrons. The van der Waals surface area contributed by atoms with E-state index in [2.05, 4.69) is 10.5 Å². The molecule has 0 spiro atoms. The minimum atomic E-state index is -1.03. The predicted molar refractivity (Wildman–Crippen MR) is 77.0 cm³/mol. The van der Waals surface area contributed by atoms with Gasteiger partial charge in [0.2, 0.25) is 5.76 Å². The third-order valence-electron chi connectivity index (χ3n) is 2.63. The van der Waals surface area contributed by atoms with Gasteiger partial charge in [-0.1, -0.05) is 11.2 Å². The highest BCUT2D eigenvalue weighted by Crippen LogP contribution is 2.17. The fourth-order valence-electron chi connectivity index (χ4n) is 1.81. The zero-order valence-corrected chi connectivity index (χ0v) is 11.6. The van der Waals surface area contributed by atoms with Gasteiger partial charge in [-0.3, -0.25) is 4.79 Å². The van der Waals surface area contributed by atoms with Crippen molar-refractivity contribution < 1.29 is 19.2 Å². The zero-order valence-electron chi connectivity index (χ0n) is 11.6. The van der Waals surface area contributed by atoms with Gasteiger partial charge in [-0.25, -0.2) is 4.79 Å². The van der Waals surface area contributed by atoms with Crippen LogP contribution in [0.3, 0.4) is 0 Å². The van der Waals surface area contributed by atoms with E-state index in [1.807, 2.05) is 13.0 Å². The van der Waals surface area contributed by atoms with Crippen molar-refractivity contribution in [3.8, 4) is 0 Å². The molecular weight excluding hydrogens is 272 g/mol. The van der Waals surface area contributed by atoms with E-state index in [0.717, 1.165) is 11.6 Å². The first-order valence-electron chi connectivity index (χ1n) is 6.21. The molecule has 0 fully saturated rings. The summed E-state index contributed by atoms with van der Waals surface area (Å²) >= 11 is 0. The van der Waals surface area contributed by atoms with Gasteiger partial charge in [0.25, 0.3) is 5.91 Å². The van der Waals surface area contributed by atoms with Crippen molar-refractivity contribution in [1.29, 1.82) is 0 Å². The number of nitrogens with zero attached hydrogens (tertiary/aromatic N) is 1. The fourth-order valence-corrected chi connectivity index (χ4v) is 1.81. The summed E-state index contributed by atoms with van der Waals surface area (Å²) in [5.74, 6) is -1.31. The predicted octanol–water partition coefficient (Wildman–Crippen LogP) is 2.64. The summed E-state index contributed by atoms with van der Waals surface area (Å²) in [5, 5.41) is 15.0. The number of hydrogen-bond acceptors (Lipinski definition) is 4. The van der Waals surface area contributed by atoms with Crippen molar-refractivity contribution in [3.05, 3.63) is 52.9 Å². The molecule has 2 rings (SSSR count). The molecule has 1 aromatic heterocycles. The highest BCUT2D eigenvalue weighted by Gasteiger charge is 2.12. The van der Waals surface area contributed by atoms with Crippen LogP contribution in [-0.2, 0) is 4.79 Å². The average molecular weight is 286 g/mol. The molecule has 6 heteroatoms. The van der Waals surface area contributed by atoms with Crippen LogP contribution in [0.5, 0.6) is 0 Å². The zero-order chi connectivity index (χ0) is 15.4. The SMILES string of the molecule is Cc1cc(/C=C/C(=O)O)cc(NC(=O)c2cc(C)no2)c1. The summed E-state index contributed by atoms with van der Waals surface area (Å²) in [7, 11) is 0. The lowest BCUT2D eigenvalue weighted by Gasteiger charge is -2.06. The van der Waals surface area contributed by atoms with Gasteiger partial charge in [-0.15, -0.1) is 0 Å². The van der Waals surface area contributed by atoms with Crippen molar-refractivity contribution >= 4 is 23.6 Å². The van der Waals surface area contributed by atoms with E-state index >= 15 is 0 Å². The molecule has 0 saturated carbocycles. The van der Waals surface area contributed by atoms with E-state index in [1.54, 1.807) is 19.1 Å². The lowest BCUT2D eigenvalue weighted by Crippen LogP contribution is -2.11. The van der Waals surface area contributed by atoms with Crippen LogP contribution in [0.1, 0.15) is 27.4 Å². The van der Waals surface area contributed by atoms with Gasteiger partial charge in [0, 0.05) is 17.8 Å². The van der Waals surface area contributed by atoms with Gasteiger partial charge in [0.1, 0.15) is 0 Å². The summed E-state index contributed by atoms with van der Waals surface area (Å²) in [6.45, 7) is 3.58. The number of carbonyl (C=O) groups is 2. The Balaban J connectivity index is 2.20. The monoisotopic (exact) mass is 286 g/mol. The fraction of sp³-hybridized carbons (Fsp3) is 0.133. The maximum absolute atomic E-state index is 12.0. The molecule has 1 amide bonds. The molecule has 1 heterocycles. The van der Waals surface area contributed by atoms with E-state index in [9.17, 15) is 9.59 Å². The van der Waals surface area contributed by atoms with Crippen LogP contribution < -0.4 is 5.32 Å². The third kappa shape index (κ3) is 4.04. The number of carboxylic acids is 1. The van der Waals surface area contributed by atoms with Crippen molar-refractivity contribution in [3.63, 3.8) is 0 Å². The smallest absolute Gasteiger partial charge is 0.328 e. The molecule has 1 aromatic carbocycles. The quantitative estimate of drug-likeness (QED) is 0.843. The summed E-state index contributed by atoms with van der Waals surface area (Å²) in [4.78, 5) is 22.5. The second kappa shape index (κ2) is 6.04. The number of aliphatic carboxylic acids is 1. The van der Waals surface area contributed by atoms with Crippen LogP contribution in [0.2, 0.25) is 0 Å². The van der Waals surface area contributed by atoms with Crippen molar-refractivity contribution in [2.75, 3.05) is 5.32 Å². The number of carboxylic acid groups (broad SMARTS) is 1. The number of benzene rings is 1. The molecule has 0 atom stereocenters. The van der Waals surface area contributed by atoms with Crippen molar-refractivity contribution in [2.24, 2.45) is 0 Å². The average Bonchev–Trinajstić information content (AvgIpc) is 2.82. The molecule has 2 aromatic rings. The number of nitrogens with one attached hydrogen (secondary N) is 1. The Morgan fingerprint density at radius 2 is 2.00 bits per heavy atom. The number of hydrogen-bond donors (Lipinski definition) is 2. The Hall–Kier alpha value is -2.89. The van der Waals surface area contributed by atoms with E-state index < -0.39 is 11.9 Å². The minimum absolute atomic E-state index is 0.122. The van der Waals surface area contributed by atoms with Crippen LogP contribution in [0, 0.1) is 13.8 Å². The van der Waals surface area contributed by atoms with E-state index in [4.69, 9.17) is 9.63 Å². The highest BCUT2D eigenvalue weighted by atomic mass is 16.5. The number of carbonyl (C=O) groups excluding carboxylic acids is 1. The molecule has 0 bridgehead atoms. The molecule has 21 heavy (non-hydrogen) atoms. The van der Waals surface area contributed by atoms with Gasteiger partial charge in [0.15, 0.2) is 0 Å². The van der Waals surface area contributed by atoms with Gasteiger partial charge in [-0.05, 0) is 43.2 Å². The van der Waals surface area contributed by atoms with Gasteiger partial charge in [0.05, 0.1) is 5.69 Å². The van der Waals surface area contributed by atoms with Crippen molar-refractivity contribution in [1.82, 2.24) is 5.16 Å². The Bertz CT molecular complexity index is 716. The normalized spacial score (nSPS) is 10.8. The summed E-state index contributed by atoms with van der Waals surface area (Å²) in [6, 6.07) is 6.80. The Kier molecular flexibility index (Phi) is 4.18. The maximum Gasteiger partial charge on any atom is 0.328 e. The summed E-state index contributed by atoms with van der Waals surface area (Å²) < 4.78 is 4.88. The van der Waals surface area contributed by atoms with Gasteiger partial charge < -0.3 is 14.9 Å². The first-order chi connectivity index (χ1) is 9.94. The lowest BCUT2D eigenvalue weighted by atomic mass is 10.1. The van der Waals surface area contributed by atoms with Crippen LogP contribution in [0.4, 0.5) is 5.69 Å². The molecule has 6 nitrogen and oxygen atoms in total. The first kappa shape index (κ1) is 14.5. The Morgan fingerprint density at radius 3 is 2.62 bits per heavy atom. The standard InChI is InChI=1S/C15H14N2O4/c1-9-5-11(3-4-14(18)19)8-12(6-9)16-15(20)13-7-10(2)17-21-13/h3-8H,1-2H3,(H,16,20)(H,18,19)/b4-3+. The molecule has 108 valence electrons. The summed E-state index contributed by atoms with van der Waals surface area (Å²) in [5.41, 5.74) is 2.75. The maximum atomic E-state index is 12.0. The van der Waals surface area contributed by atoms with Crippen LogP contribution in [0.15, 0.2) is 34.9 Å². The number of aromatic nitrogens is 1. The lowest BCUT2D eigenvalue weighted by molar-refractivity contribution is -0.131.